The molecular weight excluding hydrogens is 690 g/mol. The minimum Gasteiger partial charge on any atom is -0.495 e. The average Bonchev–Trinajstić information content (AvgIpc) is 3.01. The monoisotopic (exact) mass is 725 g/mol. The van der Waals surface area contributed by atoms with Crippen LogP contribution in [-0.4, -0.2) is 50.9 Å². The maximum absolute atomic E-state index is 14.5. The number of nitrogens with zero attached hydrogens (tertiary/aromatic N) is 2. The summed E-state index contributed by atoms with van der Waals surface area (Å²) in [6, 6.07) is 26.6. The number of benzene rings is 4. The number of rotatable bonds is 13. The van der Waals surface area contributed by atoms with E-state index in [-0.39, 0.29) is 40.5 Å². The molecule has 1 atom stereocenters. The van der Waals surface area contributed by atoms with Crippen LogP contribution in [0.3, 0.4) is 0 Å². The highest BCUT2D eigenvalue weighted by molar-refractivity contribution is 9.10. The van der Waals surface area contributed by atoms with E-state index < -0.39 is 28.5 Å². The van der Waals surface area contributed by atoms with Crippen molar-refractivity contribution in [2.24, 2.45) is 0 Å². The Balaban J connectivity index is 1.83. The molecule has 242 valence electrons. The Morgan fingerprint density at radius 3 is 2.20 bits per heavy atom. The molecule has 0 fully saturated rings. The van der Waals surface area contributed by atoms with Crippen molar-refractivity contribution in [1.82, 2.24) is 10.2 Å². The fourth-order valence-corrected chi connectivity index (χ4v) is 7.05. The van der Waals surface area contributed by atoms with Crippen LogP contribution < -0.4 is 14.4 Å². The number of sulfonamides is 1. The van der Waals surface area contributed by atoms with Crippen LogP contribution in [0, 0.1) is 6.92 Å². The van der Waals surface area contributed by atoms with Gasteiger partial charge in [0.1, 0.15) is 18.3 Å². The number of anilines is 1. The van der Waals surface area contributed by atoms with Crippen molar-refractivity contribution < 1.29 is 22.7 Å². The van der Waals surface area contributed by atoms with Crippen molar-refractivity contribution in [3.8, 4) is 5.75 Å². The lowest BCUT2D eigenvalue weighted by atomic mass is 10.0. The first-order chi connectivity index (χ1) is 21.9. The fraction of sp³-hybridized carbons (Fsp3) is 0.257. The van der Waals surface area contributed by atoms with E-state index in [0.29, 0.717) is 5.75 Å². The summed E-state index contributed by atoms with van der Waals surface area (Å²) in [5.41, 5.74) is 2.67. The van der Waals surface area contributed by atoms with Gasteiger partial charge in [-0.05, 0) is 74.4 Å². The zero-order chi connectivity index (χ0) is 33.4. The van der Waals surface area contributed by atoms with Crippen molar-refractivity contribution in [3.05, 3.63) is 123 Å². The molecule has 46 heavy (non-hydrogen) atoms. The lowest BCUT2D eigenvalue weighted by molar-refractivity contribution is -0.140. The molecule has 4 aromatic carbocycles. The fourth-order valence-electron chi connectivity index (χ4n) is 4.94. The van der Waals surface area contributed by atoms with Crippen LogP contribution in [-0.2, 0) is 32.6 Å². The first kappa shape index (κ1) is 35.0. The zero-order valence-electron chi connectivity index (χ0n) is 26.1. The van der Waals surface area contributed by atoms with Crippen molar-refractivity contribution in [1.29, 1.82) is 0 Å². The highest BCUT2D eigenvalue weighted by atomic mass is 79.9. The van der Waals surface area contributed by atoms with Gasteiger partial charge < -0.3 is 15.0 Å². The van der Waals surface area contributed by atoms with Gasteiger partial charge in [-0.3, -0.25) is 13.9 Å². The van der Waals surface area contributed by atoms with Crippen LogP contribution in [0.5, 0.6) is 5.75 Å². The second-order valence-electron chi connectivity index (χ2n) is 11.2. The number of hydrogen-bond donors (Lipinski definition) is 1. The van der Waals surface area contributed by atoms with Crippen LogP contribution in [0.15, 0.2) is 106 Å². The molecule has 0 radical (unpaired) electrons. The van der Waals surface area contributed by atoms with Crippen molar-refractivity contribution in [2.45, 2.75) is 50.7 Å². The summed E-state index contributed by atoms with van der Waals surface area (Å²) < 4.78 is 35.5. The highest BCUT2D eigenvalue weighted by Gasteiger charge is 2.35. The molecule has 4 rings (SSSR count). The van der Waals surface area contributed by atoms with Crippen LogP contribution in [0.2, 0.25) is 5.02 Å². The third-order valence-electron chi connectivity index (χ3n) is 7.26. The molecule has 1 N–H and O–H groups in total. The molecule has 0 aromatic heterocycles. The summed E-state index contributed by atoms with van der Waals surface area (Å²) in [6.07, 6.45) is 0.220. The molecule has 0 aliphatic rings. The zero-order valence-corrected chi connectivity index (χ0v) is 29.3. The second-order valence-corrected chi connectivity index (χ2v) is 14.3. The van der Waals surface area contributed by atoms with Gasteiger partial charge in [-0.25, -0.2) is 8.42 Å². The quantitative estimate of drug-likeness (QED) is 0.164. The van der Waals surface area contributed by atoms with Gasteiger partial charge in [-0.1, -0.05) is 87.7 Å². The largest absolute Gasteiger partial charge is 0.495 e. The molecule has 4 aromatic rings. The number of amides is 2. The van der Waals surface area contributed by atoms with Crippen molar-refractivity contribution in [2.75, 3.05) is 18.0 Å². The van der Waals surface area contributed by atoms with E-state index in [2.05, 4.69) is 21.2 Å². The Bertz CT molecular complexity index is 1770. The van der Waals surface area contributed by atoms with E-state index in [9.17, 15) is 18.0 Å². The number of aryl methyl sites for hydroxylation is 1. The van der Waals surface area contributed by atoms with Crippen molar-refractivity contribution in [3.63, 3.8) is 0 Å². The summed E-state index contributed by atoms with van der Waals surface area (Å²) in [5, 5.41) is 3.14. The van der Waals surface area contributed by atoms with E-state index >= 15 is 0 Å². The third-order valence-corrected chi connectivity index (χ3v) is 9.83. The van der Waals surface area contributed by atoms with Gasteiger partial charge in [0, 0.05) is 23.5 Å². The minimum atomic E-state index is -4.26. The van der Waals surface area contributed by atoms with Gasteiger partial charge in [0.15, 0.2) is 0 Å². The number of methoxy groups -OCH3 is 1. The second kappa shape index (κ2) is 15.6. The van der Waals surface area contributed by atoms with E-state index in [4.69, 9.17) is 16.3 Å². The Morgan fingerprint density at radius 1 is 0.913 bits per heavy atom. The molecule has 0 aliphatic heterocycles. The predicted molar refractivity (Wildman–Crippen MR) is 186 cm³/mol. The van der Waals surface area contributed by atoms with Crippen LogP contribution >= 0.6 is 27.5 Å². The molecule has 0 spiro atoms. The summed E-state index contributed by atoms with van der Waals surface area (Å²) >= 11 is 9.94. The molecule has 0 saturated heterocycles. The Kier molecular flexibility index (Phi) is 11.9. The summed E-state index contributed by atoms with van der Waals surface area (Å²) in [5.74, 6) is -0.556. The maximum atomic E-state index is 14.5. The highest BCUT2D eigenvalue weighted by Crippen LogP contribution is 2.32. The minimum absolute atomic E-state index is 0.00904. The lowest BCUT2D eigenvalue weighted by Gasteiger charge is -2.34. The number of ether oxygens (including phenoxy) is 1. The Labute approximate surface area is 284 Å². The van der Waals surface area contributed by atoms with Crippen LogP contribution in [0.25, 0.3) is 0 Å². The van der Waals surface area contributed by atoms with E-state index in [0.717, 1.165) is 25.5 Å². The normalized spacial score (nSPS) is 12.0. The smallest absolute Gasteiger partial charge is 0.264 e. The molecule has 0 saturated carbocycles. The molecule has 8 nitrogen and oxygen atoms in total. The first-order valence-electron chi connectivity index (χ1n) is 14.7. The third kappa shape index (κ3) is 8.90. The molecule has 1 unspecified atom stereocenters. The molecule has 2 amide bonds. The average molecular weight is 727 g/mol. The number of halogens is 2. The molecule has 11 heteroatoms. The van der Waals surface area contributed by atoms with Crippen LogP contribution in [0.4, 0.5) is 5.69 Å². The molecular formula is C35H37BrClN3O5S. The number of carbonyl (C=O) groups excluding carboxylic acids is 2. The molecule has 0 heterocycles. The number of carbonyl (C=O) groups is 2. The van der Waals surface area contributed by atoms with E-state index in [1.54, 1.807) is 18.2 Å². The summed E-state index contributed by atoms with van der Waals surface area (Å²) in [6.45, 7) is 5.02. The number of hydrogen-bond acceptors (Lipinski definition) is 5. The van der Waals surface area contributed by atoms with Gasteiger partial charge in [-0.15, -0.1) is 0 Å². The summed E-state index contributed by atoms with van der Waals surface area (Å²) in [4.78, 5) is 29.8. The standard InChI is InChI=1S/C35H37BrClN3O5S/c1-24(2)38-35(42)32(20-26-9-6-5-7-10-26)39(22-27-11-8-12-28(36)19-27)34(41)23-40(29-15-18-33(45-4)31(37)21-29)46(43,44)30-16-13-25(3)14-17-30/h5-19,21,24,32H,20,22-23H2,1-4H3,(H,38,42). The SMILES string of the molecule is COc1ccc(N(CC(=O)N(Cc2cccc(Br)c2)C(Cc2ccccc2)C(=O)NC(C)C)S(=O)(=O)c2ccc(C)cc2)cc1Cl. The van der Waals surface area contributed by atoms with Gasteiger partial charge >= 0.3 is 0 Å². The maximum Gasteiger partial charge on any atom is 0.264 e. The first-order valence-corrected chi connectivity index (χ1v) is 17.3. The lowest BCUT2D eigenvalue weighted by Crippen LogP contribution is -2.54. The van der Waals surface area contributed by atoms with E-state index in [1.165, 1.54) is 36.3 Å². The van der Waals surface area contributed by atoms with Gasteiger partial charge in [-0.2, -0.15) is 0 Å². The summed E-state index contributed by atoms with van der Waals surface area (Å²) in [7, 11) is -2.80. The van der Waals surface area contributed by atoms with Gasteiger partial charge in [0.05, 0.1) is 22.7 Å². The van der Waals surface area contributed by atoms with E-state index in [1.807, 2.05) is 75.4 Å². The Morgan fingerprint density at radius 2 is 1.59 bits per heavy atom. The van der Waals surface area contributed by atoms with Crippen LogP contribution in [0.1, 0.15) is 30.5 Å². The van der Waals surface area contributed by atoms with Gasteiger partial charge in [0.2, 0.25) is 11.8 Å². The number of nitrogens with one attached hydrogen (secondary N) is 1. The predicted octanol–water partition coefficient (Wildman–Crippen LogP) is 6.78. The van der Waals surface area contributed by atoms with Gasteiger partial charge in [0.25, 0.3) is 10.0 Å². The Hall–Kier alpha value is -3.86. The van der Waals surface area contributed by atoms with Crippen molar-refractivity contribution >= 4 is 55.1 Å². The topological polar surface area (TPSA) is 96.0 Å². The molecule has 0 bridgehead atoms. The molecule has 0 aliphatic carbocycles.